The summed E-state index contributed by atoms with van der Waals surface area (Å²) in [4.78, 5) is 0.173. The molecule has 1 aliphatic rings. The molecule has 2 aromatic rings. The van der Waals surface area contributed by atoms with Gasteiger partial charge in [0, 0.05) is 31.0 Å². The zero-order valence-electron chi connectivity index (χ0n) is 13.4. The Hall–Kier alpha value is -1.99. The normalized spacial score (nSPS) is 14.0. The van der Waals surface area contributed by atoms with Gasteiger partial charge in [-0.05, 0) is 37.6 Å². The molecule has 1 aliphatic heterocycles. The summed E-state index contributed by atoms with van der Waals surface area (Å²) in [6.07, 6.45) is 0. The fourth-order valence-electron chi connectivity index (χ4n) is 2.56. The molecule has 0 amide bonds. The molecule has 7 heteroatoms. The van der Waals surface area contributed by atoms with Gasteiger partial charge < -0.3 is 14.0 Å². The highest BCUT2D eigenvalue weighted by molar-refractivity contribution is 7.89. The summed E-state index contributed by atoms with van der Waals surface area (Å²) in [6, 6.07) is 6.64. The van der Waals surface area contributed by atoms with Crippen molar-refractivity contribution in [3.05, 3.63) is 41.2 Å². The Labute approximate surface area is 136 Å². The Balaban J connectivity index is 1.80. The number of rotatable bonds is 4. The van der Waals surface area contributed by atoms with E-state index >= 15 is 0 Å². The van der Waals surface area contributed by atoms with E-state index in [9.17, 15) is 8.42 Å². The van der Waals surface area contributed by atoms with Crippen LogP contribution in [0.3, 0.4) is 0 Å². The van der Waals surface area contributed by atoms with Gasteiger partial charge in [0.1, 0.15) is 13.2 Å². The van der Waals surface area contributed by atoms with Crippen molar-refractivity contribution >= 4 is 10.0 Å². The van der Waals surface area contributed by atoms with Gasteiger partial charge in [0.05, 0.1) is 4.90 Å². The summed E-state index contributed by atoms with van der Waals surface area (Å²) >= 11 is 0. The number of aromatic nitrogens is 1. The number of nitrogens with one attached hydrogen (secondary N) is 1. The van der Waals surface area contributed by atoms with Crippen molar-refractivity contribution in [1.29, 1.82) is 0 Å². The summed E-state index contributed by atoms with van der Waals surface area (Å²) in [5, 5.41) is 0. The Bertz CT molecular complexity index is 840. The molecule has 0 saturated heterocycles. The average Bonchev–Trinajstić information content (AvgIpc) is 2.79. The van der Waals surface area contributed by atoms with E-state index in [0.717, 1.165) is 17.0 Å². The number of fused-ring (bicyclic) bond motifs is 1. The fraction of sp³-hybridized carbons (Fsp3) is 0.375. The van der Waals surface area contributed by atoms with E-state index in [1.165, 1.54) is 12.1 Å². The Morgan fingerprint density at radius 3 is 2.48 bits per heavy atom. The highest BCUT2D eigenvalue weighted by Crippen LogP contribution is 2.32. The first kappa shape index (κ1) is 15.9. The smallest absolute Gasteiger partial charge is 0.241 e. The molecule has 6 nitrogen and oxygen atoms in total. The lowest BCUT2D eigenvalue weighted by atomic mass is 10.2. The number of hydrogen-bond donors (Lipinski definition) is 1. The first-order valence-electron chi connectivity index (χ1n) is 7.39. The molecule has 0 radical (unpaired) electrons. The maximum Gasteiger partial charge on any atom is 0.241 e. The molecule has 0 bridgehead atoms. The van der Waals surface area contributed by atoms with E-state index in [1.54, 1.807) is 6.07 Å². The largest absolute Gasteiger partial charge is 0.486 e. The van der Waals surface area contributed by atoms with Crippen LogP contribution in [-0.2, 0) is 23.6 Å². The summed E-state index contributed by atoms with van der Waals surface area (Å²) in [7, 11) is -1.65. The van der Waals surface area contributed by atoms with E-state index in [1.807, 2.05) is 31.5 Å². The van der Waals surface area contributed by atoms with Crippen LogP contribution in [0.1, 0.15) is 17.0 Å². The van der Waals surface area contributed by atoms with Crippen LogP contribution in [-0.4, -0.2) is 26.2 Å². The van der Waals surface area contributed by atoms with Gasteiger partial charge in [-0.3, -0.25) is 0 Å². The topological polar surface area (TPSA) is 69.6 Å². The number of aryl methyl sites for hydroxylation is 1. The van der Waals surface area contributed by atoms with Gasteiger partial charge in [0.25, 0.3) is 0 Å². The van der Waals surface area contributed by atoms with Crippen molar-refractivity contribution in [2.45, 2.75) is 25.3 Å². The van der Waals surface area contributed by atoms with Crippen LogP contribution in [0, 0.1) is 13.8 Å². The minimum Gasteiger partial charge on any atom is -0.486 e. The lowest BCUT2D eigenvalue weighted by molar-refractivity contribution is 0.171. The van der Waals surface area contributed by atoms with Gasteiger partial charge in [0.15, 0.2) is 11.5 Å². The van der Waals surface area contributed by atoms with Crippen molar-refractivity contribution in [2.75, 3.05) is 13.2 Å². The number of benzene rings is 1. The van der Waals surface area contributed by atoms with Gasteiger partial charge >= 0.3 is 0 Å². The maximum absolute atomic E-state index is 12.5. The van der Waals surface area contributed by atoms with Crippen LogP contribution in [0.2, 0.25) is 0 Å². The average molecular weight is 336 g/mol. The Kier molecular flexibility index (Phi) is 4.08. The van der Waals surface area contributed by atoms with E-state index in [4.69, 9.17) is 9.47 Å². The predicted octanol–water partition coefficient (Wildman–Crippen LogP) is 1.89. The van der Waals surface area contributed by atoms with E-state index < -0.39 is 10.0 Å². The summed E-state index contributed by atoms with van der Waals surface area (Å²) in [5.41, 5.74) is 3.11. The van der Waals surface area contributed by atoms with Crippen molar-refractivity contribution in [2.24, 2.45) is 7.05 Å². The third-order valence-corrected chi connectivity index (χ3v) is 5.56. The molecule has 0 spiro atoms. The maximum atomic E-state index is 12.5. The second kappa shape index (κ2) is 5.90. The number of hydrogen-bond acceptors (Lipinski definition) is 4. The zero-order valence-corrected chi connectivity index (χ0v) is 14.2. The molecular weight excluding hydrogens is 316 g/mol. The van der Waals surface area contributed by atoms with Crippen LogP contribution < -0.4 is 14.2 Å². The van der Waals surface area contributed by atoms with Crippen molar-refractivity contribution in [3.8, 4) is 11.5 Å². The lowest BCUT2D eigenvalue weighted by Gasteiger charge is -2.18. The Morgan fingerprint density at radius 2 is 1.83 bits per heavy atom. The van der Waals surface area contributed by atoms with Gasteiger partial charge in [-0.25, -0.2) is 13.1 Å². The second-order valence-electron chi connectivity index (χ2n) is 5.59. The molecule has 124 valence electrons. The SMILES string of the molecule is Cc1cc(CNS(=O)(=O)c2ccc3c(c2)OCCO3)c(C)n1C. The summed E-state index contributed by atoms with van der Waals surface area (Å²) in [5.74, 6) is 1.04. The van der Waals surface area contributed by atoms with Crippen LogP contribution in [0.25, 0.3) is 0 Å². The summed E-state index contributed by atoms with van der Waals surface area (Å²) in [6.45, 7) is 5.12. The molecule has 1 aromatic carbocycles. The zero-order chi connectivity index (χ0) is 16.6. The molecule has 0 atom stereocenters. The van der Waals surface area contributed by atoms with E-state index in [2.05, 4.69) is 4.72 Å². The van der Waals surface area contributed by atoms with Crippen molar-refractivity contribution in [3.63, 3.8) is 0 Å². The fourth-order valence-corrected chi connectivity index (χ4v) is 3.58. The van der Waals surface area contributed by atoms with Crippen molar-refractivity contribution < 1.29 is 17.9 Å². The van der Waals surface area contributed by atoms with Gasteiger partial charge in [-0.2, -0.15) is 0 Å². The standard InChI is InChI=1S/C16H20N2O4S/c1-11-8-13(12(2)18(11)3)10-17-23(19,20)14-4-5-15-16(9-14)22-7-6-21-15/h4-5,8-9,17H,6-7,10H2,1-3H3. The van der Waals surface area contributed by atoms with Crippen LogP contribution in [0.4, 0.5) is 0 Å². The van der Waals surface area contributed by atoms with Gasteiger partial charge in [0.2, 0.25) is 10.0 Å². The molecule has 23 heavy (non-hydrogen) atoms. The van der Waals surface area contributed by atoms with Crippen LogP contribution in [0.15, 0.2) is 29.2 Å². The third kappa shape index (κ3) is 3.07. The molecule has 2 heterocycles. The molecule has 0 fully saturated rings. The molecule has 1 N–H and O–H groups in total. The van der Waals surface area contributed by atoms with Gasteiger partial charge in [-0.1, -0.05) is 0 Å². The third-order valence-electron chi connectivity index (χ3n) is 4.16. The van der Waals surface area contributed by atoms with Gasteiger partial charge in [-0.15, -0.1) is 0 Å². The first-order valence-corrected chi connectivity index (χ1v) is 8.88. The lowest BCUT2D eigenvalue weighted by Crippen LogP contribution is -2.24. The molecule has 1 aromatic heterocycles. The molecule has 0 aliphatic carbocycles. The molecule has 3 rings (SSSR count). The number of ether oxygens (including phenoxy) is 2. The first-order chi connectivity index (χ1) is 10.9. The van der Waals surface area contributed by atoms with E-state index in [0.29, 0.717) is 24.7 Å². The van der Waals surface area contributed by atoms with Crippen LogP contribution >= 0.6 is 0 Å². The minimum absolute atomic E-state index is 0.173. The minimum atomic E-state index is -3.61. The van der Waals surface area contributed by atoms with Crippen molar-refractivity contribution in [1.82, 2.24) is 9.29 Å². The summed E-state index contributed by atoms with van der Waals surface area (Å²) < 4.78 is 40.5. The quantitative estimate of drug-likeness (QED) is 0.926. The highest BCUT2D eigenvalue weighted by Gasteiger charge is 2.19. The monoisotopic (exact) mass is 336 g/mol. The number of nitrogens with zero attached hydrogens (tertiary/aromatic N) is 1. The molecular formula is C16H20N2O4S. The number of sulfonamides is 1. The van der Waals surface area contributed by atoms with E-state index in [-0.39, 0.29) is 11.4 Å². The molecule has 0 unspecified atom stereocenters. The Morgan fingerprint density at radius 1 is 1.13 bits per heavy atom. The predicted molar refractivity (Wildman–Crippen MR) is 86.3 cm³/mol. The van der Waals surface area contributed by atoms with Crippen LogP contribution in [0.5, 0.6) is 11.5 Å². The second-order valence-corrected chi connectivity index (χ2v) is 7.35. The highest BCUT2D eigenvalue weighted by atomic mass is 32.2. The molecule has 0 saturated carbocycles.